The van der Waals surface area contributed by atoms with Crippen LogP contribution < -0.4 is 10.1 Å². The Bertz CT molecular complexity index is 488. The monoisotopic (exact) mass is 334 g/mol. The van der Waals surface area contributed by atoms with Crippen LogP contribution in [0.1, 0.15) is 18.4 Å². The third-order valence-electron chi connectivity index (χ3n) is 3.66. The van der Waals surface area contributed by atoms with E-state index in [1.54, 1.807) is 12.1 Å². The van der Waals surface area contributed by atoms with Gasteiger partial charge in [0.25, 0.3) is 0 Å². The Labute approximate surface area is 135 Å². The van der Waals surface area contributed by atoms with E-state index in [9.17, 15) is 13.6 Å². The minimum atomic E-state index is -2.85. The van der Waals surface area contributed by atoms with Crippen LogP contribution in [0.3, 0.4) is 0 Å². The van der Waals surface area contributed by atoms with Gasteiger partial charge < -0.3 is 15.0 Å². The zero-order valence-electron chi connectivity index (χ0n) is 12.4. The number of carbonyl (C=O) groups is 1. The van der Waals surface area contributed by atoms with Crippen LogP contribution in [-0.2, 0) is 11.2 Å². The van der Waals surface area contributed by atoms with Crippen LogP contribution >= 0.6 is 12.4 Å². The fraction of sp³-hybridized carbons (Fsp3) is 0.533. The normalized spacial score (nSPS) is 18.0. The van der Waals surface area contributed by atoms with E-state index in [1.807, 2.05) is 11.9 Å². The summed E-state index contributed by atoms with van der Waals surface area (Å²) in [6, 6.07) is 6.64. The highest BCUT2D eigenvalue weighted by Gasteiger charge is 2.22. The van der Waals surface area contributed by atoms with Gasteiger partial charge in [0.15, 0.2) is 0 Å². The molecule has 1 heterocycles. The van der Waals surface area contributed by atoms with Crippen molar-refractivity contribution in [3.8, 4) is 5.75 Å². The SMILES string of the molecule is CNC1CCCN(C(=O)Cc2cccc(OC(F)F)c2)C1.Cl. The molecule has 1 aromatic carbocycles. The van der Waals surface area contributed by atoms with Gasteiger partial charge in [-0.2, -0.15) is 8.78 Å². The maximum atomic E-state index is 12.3. The maximum absolute atomic E-state index is 12.3. The molecule has 1 amide bonds. The number of halogens is 3. The van der Waals surface area contributed by atoms with E-state index in [1.165, 1.54) is 12.1 Å². The first-order chi connectivity index (χ1) is 10.1. The van der Waals surface area contributed by atoms with Gasteiger partial charge in [0.1, 0.15) is 5.75 Å². The van der Waals surface area contributed by atoms with Gasteiger partial charge in [0, 0.05) is 19.1 Å². The Balaban J connectivity index is 0.00000242. The second-order valence-electron chi connectivity index (χ2n) is 5.17. The molecular formula is C15H21ClF2N2O2. The van der Waals surface area contributed by atoms with Gasteiger partial charge in [0.05, 0.1) is 6.42 Å². The summed E-state index contributed by atoms with van der Waals surface area (Å²) >= 11 is 0. The fourth-order valence-electron chi connectivity index (χ4n) is 2.56. The largest absolute Gasteiger partial charge is 0.435 e. The van der Waals surface area contributed by atoms with Crippen LogP contribution in [0.25, 0.3) is 0 Å². The molecule has 1 N–H and O–H groups in total. The summed E-state index contributed by atoms with van der Waals surface area (Å²) in [4.78, 5) is 14.1. The van der Waals surface area contributed by atoms with Crippen molar-refractivity contribution in [3.63, 3.8) is 0 Å². The Morgan fingerprint density at radius 1 is 1.50 bits per heavy atom. The highest BCUT2D eigenvalue weighted by molar-refractivity contribution is 5.85. The lowest BCUT2D eigenvalue weighted by atomic mass is 10.0. The minimum Gasteiger partial charge on any atom is -0.435 e. The number of hydrogen-bond acceptors (Lipinski definition) is 3. The summed E-state index contributed by atoms with van der Waals surface area (Å²) in [6.45, 7) is -1.40. The van der Waals surface area contributed by atoms with Crippen molar-refractivity contribution in [2.24, 2.45) is 0 Å². The summed E-state index contributed by atoms with van der Waals surface area (Å²) in [5.41, 5.74) is 0.685. The molecule has 0 bridgehead atoms. The Morgan fingerprint density at radius 3 is 2.95 bits per heavy atom. The lowest BCUT2D eigenvalue weighted by Gasteiger charge is -2.32. The molecule has 1 unspecified atom stereocenters. The van der Waals surface area contributed by atoms with Gasteiger partial charge in [-0.3, -0.25) is 4.79 Å². The fourth-order valence-corrected chi connectivity index (χ4v) is 2.56. The van der Waals surface area contributed by atoms with Crippen LogP contribution in [0.5, 0.6) is 5.75 Å². The summed E-state index contributed by atoms with van der Waals surface area (Å²) in [7, 11) is 1.89. The number of likely N-dealkylation sites (tertiary alicyclic amines) is 1. The number of carbonyl (C=O) groups excluding carboxylic acids is 1. The minimum absolute atomic E-state index is 0. The second-order valence-corrected chi connectivity index (χ2v) is 5.17. The molecule has 1 aliphatic heterocycles. The number of alkyl halides is 2. The number of piperidine rings is 1. The molecule has 1 saturated heterocycles. The first-order valence-corrected chi connectivity index (χ1v) is 7.07. The number of amides is 1. The summed E-state index contributed by atoms with van der Waals surface area (Å²) in [5.74, 6) is 0.103. The van der Waals surface area contributed by atoms with E-state index in [0.717, 1.165) is 19.4 Å². The molecular weight excluding hydrogens is 314 g/mol. The molecule has 7 heteroatoms. The van der Waals surface area contributed by atoms with Gasteiger partial charge in [-0.15, -0.1) is 12.4 Å². The summed E-state index contributed by atoms with van der Waals surface area (Å²) in [6.07, 6.45) is 2.25. The molecule has 0 saturated carbocycles. The van der Waals surface area contributed by atoms with E-state index in [0.29, 0.717) is 18.2 Å². The van der Waals surface area contributed by atoms with Crippen LogP contribution in [0.2, 0.25) is 0 Å². The highest BCUT2D eigenvalue weighted by Crippen LogP contribution is 2.18. The molecule has 0 aromatic heterocycles. The highest BCUT2D eigenvalue weighted by atomic mass is 35.5. The van der Waals surface area contributed by atoms with Crippen molar-refractivity contribution in [3.05, 3.63) is 29.8 Å². The molecule has 0 aliphatic carbocycles. The molecule has 0 radical (unpaired) electrons. The summed E-state index contributed by atoms with van der Waals surface area (Å²) in [5, 5.41) is 3.19. The van der Waals surface area contributed by atoms with Crippen LogP contribution in [0, 0.1) is 0 Å². The van der Waals surface area contributed by atoms with Crippen molar-refractivity contribution in [2.45, 2.75) is 31.9 Å². The molecule has 0 spiro atoms. The average molecular weight is 335 g/mol. The number of nitrogens with one attached hydrogen (secondary N) is 1. The van der Waals surface area contributed by atoms with Crippen LogP contribution in [0.4, 0.5) is 8.78 Å². The maximum Gasteiger partial charge on any atom is 0.387 e. The Hall–Kier alpha value is -1.40. The zero-order chi connectivity index (χ0) is 15.2. The third kappa shape index (κ3) is 5.42. The molecule has 1 fully saturated rings. The van der Waals surface area contributed by atoms with E-state index < -0.39 is 6.61 Å². The van der Waals surface area contributed by atoms with E-state index >= 15 is 0 Å². The quantitative estimate of drug-likeness (QED) is 0.899. The number of likely N-dealkylation sites (N-methyl/N-ethyl adjacent to an activating group) is 1. The van der Waals surface area contributed by atoms with Crippen LogP contribution in [0.15, 0.2) is 24.3 Å². The number of ether oxygens (including phenoxy) is 1. The van der Waals surface area contributed by atoms with Crippen molar-refractivity contribution in [2.75, 3.05) is 20.1 Å². The van der Waals surface area contributed by atoms with Crippen LogP contribution in [-0.4, -0.2) is 43.6 Å². The number of benzene rings is 1. The first-order valence-electron chi connectivity index (χ1n) is 7.07. The van der Waals surface area contributed by atoms with Gasteiger partial charge in [0.2, 0.25) is 5.91 Å². The zero-order valence-corrected chi connectivity index (χ0v) is 13.2. The third-order valence-corrected chi connectivity index (χ3v) is 3.66. The molecule has 1 atom stereocenters. The predicted octanol–water partition coefficient (Wildman–Crippen LogP) is 2.46. The standard InChI is InChI=1S/C15H20F2N2O2.ClH/c1-18-12-5-3-7-19(10-12)14(20)9-11-4-2-6-13(8-11)21-15(16)17;/h2,4,6,8,12,15,18H,3,5,7,9-10H2,1H3;1H. The lowest BCUT2D eigenvalue weighted by Crippen LogP contribution is -2.47. The number of rotatable bonds is 5. The van der Waals surface area contributed by atoms with Crippen molar-refractivity contribution in [1.82, 2.24) is 10.2 Å². The molecule has 4 nitrogen and oxygen atoms in total. The van der Waals surface area contributed by atoms with Gasteiger partial charge >= 0.3 is 6.61 Å². The Kier molecular flexibility index (Phi) is 7.55. The number of hydrogen-bond donors (Lipinski definition) is 1. The Morgan fingerprint density at radius 2 is 2.27 bits per heavy atom. The number of nitrogens with zero attached hydrogens (tertiary/aromatic N) is 1. The van der Waals surface area contributed by atoms with Gasteiger partial charge in [-0.1, -0.05) is 12.1 Å². The van der Waals surface area contributed by atoms with E-state index in [-0.39, 0.29) is 30.5 Å². The average Bonchev–Trinajstić information content (AvgIpc) is 2.47. The van der Waals surface area contributed by atoms with Gasteiger partial charge in [-0.05, 0) is 37.6 Å². The predicted molar refractivity (Wildman–Crippen MR) is 82.7 cm³/mol. The van der Waals surface area contributed by atoms with Crippen molar-refractivity contribution in [1.29, 1.82) is 0 Å². The molecule has 2 rings (SSSR count). The van der Waals surface area contributed by atoms with E-state index in [4.69, 9.17) is 0 Å². The summed E-state index contributed by atoms with van der Waals surface area (Å²) < 4.78 is 28.7. The topological polar surface area (TPSA) is 41.6 Å². The molecule has 1 aliphatic rings. The second kappa shape index (κ2) is 8.90. The smallest absolute Gasteiger partial charge is 0.387 e. The van der Waals surface area contributed by atoms with E-state index in [2.05, 4.69) is 10.1 Å². The van der Waals surface area contributed by atoms with Crippen molar-refractivity contribution >= 4 is 18.3 Å². The van der Waals surface area contributed by atoms with Crippen molar-refractivity contribution < 1.29 is 18.3 Å². The molecule has 1 aromatic rings. The van der Waals surface area contributed by atoms with Gasteiger partial charge in [-0.25, -0.2) is 0 Å². The first kappa shape index (κ1) is 18.6. The molecule has 124 valence electrons. The lowest BCUT2D eigenvalue weighted by molar-refractivity contribution is -0.131. The molecule has 22 heavy (non-hydrogen) atoms.